The van der Waals surface area contributed by atoms with Gasteiger partial charge in [0.2, 0.25) is 5.91 Å². The Bertz CT molecular complexity index is 505. The minimum absolute atomic E-state index is 0.0463. The van der Waals surface area contributed by atoms with Crippen LogP contribution in [0.25, 0.3) is 0 Å². The molecule has 0 bridgehead atoms. The van der Waals surface area contributed by atoms with Gasteiger partial charge in [-0.3, -0.25) is 4.79 Å². The van der Waals surface area contributed by atoms with Gasteiger partial charge in [-0.15, -0.1) is 0 Å². The zero-order chi connectivity index (χ0) is 14.8. The topological polar surface area (TPSA) is 61.4 Å². The van der Waals surface area contributed by atoms with Crippen molar-refractivity contribution < 1.29 is 9.90 Å². The van der Waals surface area contributed by atoms with E-state index in [1.54, 1.807) is 6.07 Å². The molecule has 1 aliphatic heterocycles. The molecule has 3 N–H and O–H groups in total. The summed E-state index contributed by atoms with van der Waals surface area (Å²) in [6.07, 6.45) is 3.77. The van der Waals surface area contributed by atoms with Gasteiger partial charge in [-0.1, -0.05) is 13.3 Å². The summed E-state index contributed by atoms with van der Waals surface area (Å²) in [4.78, 5) is 12.6. The molecule has 0 aliphatic carbocycles. The van der Waals surface area contributed by atoms with Gasteiger partial charge in [0.15, 0.2) is 0 Å². The number of rotatable bonds is 4. The fourth-order valence-corrected chi connectivity index (χ4v) is 2.93. The average Bonchev–Trinajstić information content (AvgIpc) is 2.86. The first-order chi connectivity index (χ1) is 9.48. The van der Waals surface area contributed by atoms with Crippen molar-refractivity contribution in [1.82, 2.24) is 5.32 Å². The van der Waals surface area contributed by atoms with Gasteiger partial charge in [0.25, 0.3) is 0 Å². The molecule has 1 aromatic rings. The van der Waals surface area contributed by atoms with E-state index in [1.807, 2.05) is 19.9 Å². The highest BCUT2D eigenvalue weighted by Gasteiger charge is 2.40. The van der Waals surface area contributed by atoms with E-state index in [9.17, 15) is 9.90 Å². The molecule has 1 aromatic carbocycles. The smallest absolute Gasteiger partial charge is 0.244 e. The van der Waals surface area contributed by atoms with Crippen LogP contribution in [0.5, 0.6) is 5.75 Å². The van der Waals surface area contributed by atoms with E-state index in [-0.39, 0.29) is 11.7 Å². The fraction of sp³-hybridized carbons (Fsp3) is 0.562. The molecule has 0 radical (unpaired) electrons. The molecule has 0 aromatic heterocycles. The lowest BCUT2D eigenvalue weighted by molar-refractivity contribution is -0.122. The Labute approximate surface area is 120 Å². The number of phenols is 1. The van der Waals surface area contributed by atoms with E-state index in [2.05, 4.69) is 17.6 Å². The number of anilines is 1. The van der Waals surface area contributed by atoms with Crippen molar-refractivity contribution >= 4 is 11.6 Å². The van der Waals surface area contributed by atoms with Gasteiger partial charge in [0.05, 0.1) is 5.54 Å². The van der Waals surface area contributed by atoms with Gasteiger partial charge >= 0.3 is 0 Å². The molecule has 4 heteroatoms. The summed E-state index contributed by atoms with van der Waals surface area (Å²) < 4.78 is 0. The second-order valence-corrected chi connectivity index (χ2v) is 5.77. The van der Waals surface area contributed by atoms with E-state index >= 15 is 0 Å². The van der Waals surface area contributed by atoms with E-state index in [4.69, 9.17) is 0 Å². The molecule has 0 saturated carbocycles. The Balaban J connectivity index is 2.20. The zero-order valence-electron chi connectivity index (χ0n) is 12.5. The third-order valence-electron chi connectivity index (χ3n) is 4.15. The van der Waals surface area contributed by atoms with Gasteiger partial charge < -0.3 is 15.7 Å². The van der Waals surface area contributed by atoms with Crippen LogP contribution < -0.4 is 10.6 Å². The van der Waals surface area contributed by atoms with E-state index in [0.717, 1.165) is 49.0 Å². The lowest BCUT2D eigenvalue weighted by Crippen LogP contribution is -2.50. The van der Waals surface area contributed by atoms with Crippen LogP contribution in [0.1, 0.15) is 43.7 Å². The molecular formula is C16H24N2O2. The molecule has 1 atom stereocenters. The Kier molecular flexibility index (Phi) is 4.33. The largest absolute Gasteiger partial charge is 0.508 e. The van der Waals surface area contributed by atoms with Crippen LogP contribution in [0.2, 0.25) is 0 Å². The Hall–Kier alpha value is -1.55. The monoisotopic (exact) mass is 276 g/mol. The van der Waals surface area contributed by atoms with Crippen molar-refractivity contribution in [3.63, 3.8) is 0 Å². The number of carbonyl (C=O) groups excluding carboxylic acids is 1. The van der Waals surface area contributed by atoms with Gasteiger partial charge in [-0.05, 0) is 62.9 Å². The first kappa shape index (κ1) is 14.9. The van der Waals surface area contributed by atoms with E-state index < -0.39 is 5.54 Å². The third-order valence-corrected chi connectivity index (χ3v) is 4.15. The number of carbonyl (C=O) groups is 1. The summed E-state index contributed by atoms with van der Waals surface area (Å²) in [6, 6.07) is 3.52. The van der Waals surface area contributed by atoms with Crippen LogP contribution >= 0.6 is 0 Å². The number of hydrogen-bond acceptors (Lipinski definition) is 3. The minimum Gasteiger partial charge on any atom is -0.508 e. The Morgan fingerprint density at radius 2 is 2.15 bits per heavy atom. The highest BCUT2D eigenvalue weighted by atomic mass is 16.3. The lowest BCUT2D eigenvalue weighted by atomic mass is 9.90. The summed E-state index contributed by atoms with van der Waals surface area (Å²) >= 11 is 0. The molecule has 4 nitrogen and oxygen atoms in total. The lowest BCUT2D eigenvalue weighted by Gasteiger charge is -2.28. The molecule has 110 valence electrons. The summed E-state index contributed by atoms with van der Waals surface area (Å²) in [5, 5.41) is 16.1. The zero-order valence-corrected chi connectivity index (χ0v) is 12.5. The van der Waals surface area contributed by atoms with Crippen LogP contribution in [0, 0.1) is 13.8 Å². The highest BCUT2D eigenvalue weighted by Crippen LogP contribution is 2.29. The number of benzene rings is 1. The predicted octanol–water partition coefficient (Wildman–Crippen LogP) is 2.87. The molecule has 1 amide bonds. The van der Waals surface area contributed by atoms with Crippen LogP contribution in [-0.4, -0.2) is 23.1 Å². The standard InChI is InChI=1S/C16H24N2O2/c1-4-6-16(7-5-8-17-16)15(20)18-13-9-12(3)14(19)10-11(13)2/h9-10,17,19H,4-8H2,1-3H3,(H,18,20). The first-order valence-electron chi connectivity index (χ1n) is 7.35. The first-order valence-corrected chi connectivity index (χ1v) is 7.35. The molecule has 1 aliphatic rings. The summed E-state index contributed by atoms with van der Waals surface area (Å²) in [7, 11) is 0. The van der Waals surface area contributed by atoms with Gasteiger partial charge in [0.1, 0.15) is 5.75 Å². The van der Waals surface area contributed by atoms with Crippen molar-refractivity contribution in [2.45, 2.75) is 52.0 Å². The molecule has 2 rings (SSSR count). The fourth-order valence-electron chi connectivity index (χ4n) is 2.93. The van der Waals surface area contributed by atoms with Gasteiger partial charge in [-0.2, -0.15) is 0 Å². The number of hydrogen-bond donors (Lipinski definition) is 3. The third kappa shape index (κ3) is 2.80. The van der Waals surface area contributed by atoms with E-state index in [0.29, 0.717) is 0 Å². The number of aryl methyl sites for hydroxylation is 2. The molecule has 1 saturated heterocycles. The SMILES string of the molecule is CCCC1(C(=O)Nc2cc(C)c(O)cc2C)CCCN1. The van der Waals surface area contributed by atoms with Crippen LogP contribution in [0.4, 0.5) is 5.69 Å². The Morgan fingerprint density at radius 3 is 2.75 bits per heavy atom. The van der Waals surface area contributed by atoms with Crippen LogP contribution in [0.3, 0.4) is 0 Å². The molecular weight excluding hydrogens is 252 g/mol. The van der Waals surface area contributed by atoms with Crippen molar-refractivity contribution in [2.75, 3.05) is 11.9 Å². The number of nitrogens with one attached hydrogen (secondary N) is 2. The molecule has 1 fully saturated rings. The van der Waals surface area contributed by atoms with Crippen LogP contribution in [0.15, 0.2) is 12.1 Å². The minimum atomic E-state index is -0.424. The van der Waals surface area contributed by atoms with Crippen molar-refractivity contribution in [1.29, 1.82) is 0 Å². The second kappa shape index (κ2) is 5.83. The van der Waals surface area contributed by atoms with Crippen molar-refractivity contribution in [2.24, 2.45) is 0 Å². The van der Waals surface area contributed by atoms with Crippen LogP contribution in [-0.2, 0) is 4.79 Å². The average molecular weight is 276 g/mol. The van der Waals surface area contributed by atoms with E-state index in [1.165, 1.54) is 0 Å². The second-order valence-electron chi connectivity index (χ2n) is 5.77. The molecule has 0 spiro atoms. The highest BCUT2D eigenvalue weighted by molar-refractivity contribution is 5.99. The van der Waals surface area contributed by atoms with Gasteiger partial charge in [-0.25, -0.2) is 0 Å². The maximum atomic E-state index is 12.6. The Morgan fingerprint density at radius 1 is 1.40 bits per heavy atom. The van der Waals surface area contributed by atoms with Crippen molar-refractivity contribution in [3.8, 4) is 5.75 Å². The van der Waals surface area contributed by atoms with Crippen molar-refractivity contribution in [3.05, 3.63) is 23.3 Å². The summed E-state index contributed by atoms with van der Waals surface area (Å²) in [5.74, 6) is 0.313. The summed E-state index contributed by atoms with van der Waals surface area (Å²) in [6.45, 7) is 6.73. The molecule has 1 heterocycles. The normalized spacial score (nSPS) is 21.9. The maximum Gasteiger partial charge on any atom is 0.244 e. The number of amides is 1. The molecule has 20 heavy (non-hydrogen) atoms. The maximum absolute atomic E-state index is 12.6. The number of aromatic hydroxyl groups is 1. The quantitative estimate of drug-likeness (QED) is 0.741. The van der Waals surface area contributed by atoms with Gasteiger partial charge in [0, 0.05) is 5.69 Å². The summed E-state index contributed by atoms with van der Waals surface area (Å²) in [5.41, 5.74) is 2.02. The predicted molar refractivity (Wildman–Crippen MR) is 81.1 cm³/mol. The molecule has 1 unspecified atom stereocenters. The number of phenolic OH excluding ortho intramolecular Hbond substituents is 1.